The van der Waals surface area contributed by atoms with Crippen molar-refractivity contribution in [1.82, 2.24) is 20.0 Å². The highest BCUT2D eigenvalue weighted by Gasteiger charge is 2.44. The van der Waals surface area contributed by atoms with Crippen molar-refractivity contribution >= 4 is 12.1 Å². The van der Waals surface area contributed by atoms with Gasteiger partial charge in [0.05, 0.1) is 12.1 Å². The van der Waals surface area contributed by atoms with Crippen LogP contribution in [0.5, 0.6) is 0 Å². The van der Waals surface area contributed by atoms with E-state index >= 15 is 0 Å². The lowest BCUT2D eigenvalue weighted by Crippen LogP contribution is -2.54. The van der Waals surface area contributed by atoms with E-state index in [4.69, 9.17) is 4.74 Å². The maximum Gasteiger partial charge on any atom is 0.410 e. The van der Waals surface area contributed by atoms with E-state index in [2.05, 4.69) is 15.1 Å². The van der Waals surface area contributed by atoms with Crippen LogP contribution in [-0.4, -0.2) is 82.8 Å². The lowest BCUT2D eigenvalue weighted by Gasteiger charge is -2.44. The number of carbonyl (C=O) groups is 2. The van der Waals surface area contributed by atoms with Gasteiger partial charge in [0.2, 0.25) is 0 Å². The molecule has 1 N–H and O–H groups in total. The van der Waals surface area contributed by atoms with Crippen LogP contribution in [0.4, 0.5) is 9.59 Å². The largest absolute Gasteiger partial charge is 0.444 e. The van der Waals surface area contributed by atoms with Crippen molar-refractivity contribution in [3.05, 3.63) is 0 Å². The van der Waals surface area contributed by atoms with Crippen LogP contribution < -0.4 is 5.32 Å². The summed E-state index contributed by atoms with van der Waals surface area (Å²) in [5, 5.41) is 3.23. The van der Waals surface area contributed by atoms with Gasteiger partial charge in [-0.3, -0.25) is 0 Å². The molecule has 3 heterocycles. The number of nitrogens with zero attached hydrogens (tertiary/aromatic N) is 3. The van der Waals surface area contributed by atoms with Gasteiger partial charge in [-0.05, 0) is 59.3 Å². The van der Waals surface area contributed by atoms with Gasteiger partial charge in [0.1, 0.15) is 5.60 Å². The molecule has 0 unspecified atom stereocenters. The molecule has 3 aliphatic heterocycles. The van der Waals surface area contributed by atoms with E-state index in [1.165, 1.54) is 12.8 Å². The molecule has 7 nitrogen and oxygen atoms in total. The number of rotatable bonds is 2. The third kappa shape index (κ3) is 4.65. The summed E-state index contributed by atoms with van der Waals surface area (Å²) in [6.07, 6.45) is 8.78. The van der Waals surface area contributed by atoms with Gasteiger partial charge in [0.25, 0.3) is 0 Å². The second-order valence-electron chi connectivity index (χ2n) is 10.3. The molecule has 2 atom stereocenters. The molecule has 1 aliphatic carbocycles. The van der Waals surface area contributed by atoms with Crippen molar-refractivity contribution < 1.29 is 14.3 Å². The van der Waals surface area contributed by atoms with Gasteiger partial charge in [-0.1, -0.05) is 12.8 Å². The fourth-order valence-corrected chi connectivity index (χ4v) is 5.70. The summed E-state index contributed by atoms with van der Waals surface area (Å²) in [5.74, 6) is 0. The zero-order valence-electron chi connectivity index (χ0n) is 18.4. The zero-order chi connectivity index (χ0) is 20.6. The van der Waals surface area contributed by atoms with E-state index < -0.39 is 5.60 Å². The van der Waals surface area contributed by atoms with Crippen LogP contribution >= 0.6 is 0 Å². The van der Waals surface area contributed by atoms with Gasteiger partial charge in [-0.2, -0.15) is 0 Å². The normalized spacial score (nSPS) is 30.2. The van der Waals surface area contributed by atoms with Crippen LogP contribution in [0, 0.1) is 0 Å². The molecule has 0 aromatic heterocycles. The Kier molecular flexibility index (Phi) is 5.96. The number of hydrogen-bond acceptors (Lipinski definition) is 4. The second-order valence-corrected chi connectivity index (χ2v) is 10.3. The molecule has 7 heteroatoms. The Hall–Kier alpha value is -1.50. The minimum atomic E-state index is -0.435. The smallest absolute Gasteiger partial charge is 0.410 e. The van der Waals surface area contributed by atoms with Crippen molar-refractivity contribution in [3.8, 4) is 0 Å². The first-order chi connectivity index (χ1) is 13.8. The molecule has 0 spiro atoms. The Labute approximate surface area is 175 Å². The van der Waals surface area contributed by atoms with E-state index in [-0.39, 0.29) is 12.1 Å². The van der Waals surface area contributed by atoms with Crippen molar-refractivity contribution in [1.29, 1.82) is 0 Å². The Balaban J connectivity index is 1.24. The van der Waals surface area contributed by atoms with Crippen molar-refractivity contribution in [2.45, 2.75) is 102 Å². The Morgan fingerprint density at radius 3 is 2.21 bits per heavy atom. The molecule has 164 valence electrons. The summed E-state index contributed by atoms with van der Waals surface area (Å²) >= 11 is 0. The number of likely N-dealkylation sites (tertiary alicyclic amines) is 2. The molecule has 3 saturated heterocycles. The molecule has 0 bridgehead atoms. The first-order valence-corrected chi connectivity index (χ1v) is 11.6. The summed E-state index contributed by atoms with van der Waals surface area (Å²) in [4.78, 5) is 31.5. The number of ether oxygens (including phenoxy) is 1. The number of urea groups is 1. The minimum absolute atomic E-state index is 0.172. The van der Waals surface area contributed by atoms with Crippen molar-refractivity contribution in [3.63, 3.8) is 0 Å². The Morgan fingerprint density at radius 2 is 1.55 bits per heavy atom. The number of hydrogen-bond donors (Lipinski definition) is 1. The number of piperidine rings is 2. The SMILES string of the molecule is CC(C)(C)OC(=O)N1CCC(N2CCC(N3C(=O)N[C@@H]4CCCC[C@H]43)CC2)CC1. The lowest BCUT2D eigenvalue weighted by molar-refractivity contribution is 0.0104. The second kappa shape index (κ2) is 8.32. The quantitative estimate of drug-likeness (QED) is 0.765. The number of amides is 3. The first kappa shape index (κ1) is 20.8. The molecular weight excluding hydrogens is 368 g/mol. The molecule has 4 fully saturated rings. The molecule has 4 aliphatic rings. The van der Waals surface area contributed by atoms with E-state index in [1.807, 2.05) is 25.7 Å². The van der Waals surface area contributed by atoms with Gasteiger partial charge in [-0.15, -0.1) is 0 Å². The molecule has 0 aromatic rings. The van der Waals surface area contributed by atoms with Gasteiger partial charge >= 0.3 is 12.1 Å². The summed E-state index contributed by atoms with van der Waals surface area (Å²) < 4.78 is 5.51. The maximum atomic E-state index is 12.6. The summed E-state index contributed by atoms with van der Waals surface area (Å²) in [6, 6.07) is 1.91. The molecule has 29 heavy (non-hydrogen) atoms. The molecule has 0 radical (unpaired) electrons. The van der Waals surface area contributed by atoms with Crippen LogP contribution in [0.25, 0.3) is 0 Å². The predicted molar refractivity (Wildman–Crippen MR) is 112 cm³/mol. The predicted octanol–water partition coefficient (Wildman–Crippen LogP) is 3.19. The van der Waals surface area contributed by atoms with E-state index in [9.17, 15) is 9.59 Å². The van der Waals surface area contributed by atoms with Crippen molar-refractivity contribution in [2.24, 2.45) is 0 Å². The number of fused-ring (bicyclic) bond motifs is 1. The summed E-state index contributed by atoms with van der Waals surface area (Å²) in [6.45, 7) is 9.41. The zero-order valence-corrected chi connectivity index (χ0v) is 18.4. The van der Waals surface area contributed by atoms with E-state index in [1.54, 1.807) is 0 Å². The molecular formula is C22H38N4O3. The fourth-order valence-electron chi connectivity index (χ4n) is 5.70. The van der Waals surface area contributed by atoms with Crippen LogP contribution in [0.15, 0.2) is 0 Å². The first-order valence-electron chi connectivity index (χ1n) is 11.6. The molecule has 3 amide bonds. The third-order valence-corrected chi connectivity index (χ3v) is 7.16. The van der Waals surface area contributed by atoms with Crippen molar-refractivity contribution in [2.75, 3.05) is 26.2 Å². The van der Waals surface area contributed by atoms with Crippen LogP contribution in [0.1, 0.15) is 72.1 Å². The topological polar surface area (TPSA) is 65.1 Å². The average molecular weight is 407 g/mol. The standard InChI is InChI=1S/C22H38N4O3/c1-22(2,3)29-21(28)25-14-8-16(9-15-25)24-12-10-17(11-13-24)26-19-7-5-4-6-18(19)23-20(26)27/h16-19H,4-15H2,1-3H3,(H,23,27)/t18-,19-/m1/s1. The minimum Gasteiger partial charge on any atom is -0.444 e. The maximum absolute atomic E-state index is 12.6. The van der Waals surface area contributed by atoms with Gasteiger partial charge in [0.15, 0.2) is 0 Å². The molecule has 4 rings (SSSR count). The van der Waals surface area contributed by atoms with Crippen LogP contribution in [0.3, 0.4) is 0 Å². The number of nitrogens with one attached hydrogen (secondary N) is 1. The van der Waals surface area contributed by atoms with Gasteiger partial charge in [-0.25, -0.2) is 9.59 Å². The Bertz CT molecular complexity index is 604. The summed E-state index contributed by atoms with van der Waals surface area (Å²) in [5.41, 5.74) is -0.435. The fraction of sp³-hybridized carbons (Fsp3) is 0.909. The molecule has 0 aromatic carbocycles. The van der Waals surface area contributed by atoms with Gasteiger partial charge < -0.3 is 24.8 Å². The van der Waals surface area contributed by atoms with Crippen LogP contribution in [-0.2, 0) is 4.74 Å². The number of carbonyl (C=O) groups excluding carboxylic acids is 2. The molecule has 1 saturated carbocycles. The Morgan fingerprint density at radius 1 is 0.931 bits per heavy atom. The average Bonchev–Trinajstić information content (AvgIpc) is 3.02. The third-order valence-electron chi connectivity index (χ3n) is 7.16. The highest BCUT2D eigenvalue weighted by molar-refractivity contribution is 5.78. The highest BCUT2D eigenvalue weighted by Crippen LogP contribution is 2.33. The van der Waals surface area contributed by atoms with E-state index in [0.717, 1.165) is 64.7 Å². The van der Waals surface area contributed by atoms with E-state index in [0.29, 0.717) is 24.2 Å². The van der Waals surface area contributed by atoms with Crippen LogP contribution in [0.2, 0.25) is 0 Å². The monoisotopic (exact) mass is 406 g/mol. The highest BCUT2D eigenvalue weighted by atomic mass is 16.6. The summed E-state index contributed by atoms with van der Waals surface area (Å²) in [7, 11) is 0. The lowest BCUT2D eigenvalue weighted by atomic mass is 9.89. The van der Waals surface area contributed by atoms with Gasteiger partial charge in [0, 0.05) is 38.3 Å².